The van der Waals surface area contributed by atoms with Gasteiger partial charge in [-0.25, -0.2) is 4.79 Å². The summed E-state index contributed by atoms with van der Waals surface area (Å²) in [6.45, 7) is 5.05. The van der Waals surface area contributed by atoms with E-state index in [2.05, 4.69) is 10.6 Å². The zero-order chi connectivity index (χ0) is 20.9. The maximum atomic E-state index is 12.9. The Kier molecular flexibility index (Phi) is 6.61. The Morgan fingerprint density at radius 3 is 2.43 bits per heavy atom. The second kappa shape index (κ2) is 8.73. The van der Waals surface area contributed by atoms with E-state index in [0.29, 0.717) is 0 Å². The van der Waals surface area contributed by atoms with Crippen LogP contribution in [-0.4, -0.2) is 58.1 Å². The first-order chi connectivity index (χ1) is 13.1. The average molecular weight is 391 g/mol. The summed E-state index contributed by atoms with van der Waals surface area (Å²) in [5, 5.41) is 14.1. The second-order valence-corrected chi connectivity index (χ2v) is 7.51. The number of hydrogen-bond donors (Lipinski definition) is 3. The van der Waals surface area contributed by atoms with E-state index in [4.69, 9.17) is 9.84 Å². The number of piperazine rings is 1. The van der Waals surface area contributed by atoms with Crippen molar-refractivity contribution in [3.05, 3.63) is 35.9 Å². The van der Waals surface area contributed by atoms with Crippen molar-refractivity contribution in [1.29, 1.82) is 0 Å². The summed E-state index contributed by atoms with van der Waals surface area (Å²) in [5.74, 6) is -2.23. The van der Waals surface area contributed by atoms with Gasteiger partial charge in [0, 0.05) is 6.54 Å². The van der Waals surface area contributed by atoms with Gasteiger partial charge in [-0.1, -0.05) is 30.3 Å². The molecule has 0 bridgehead atoms. The van der Waals surface area contributed by atoms with Crippen LogP contribution < -0.4 is 10.6 Å². The molecule has 0 aliphatic carbocycles. The van der Waals surface area contributed by atoms with Crippen molar-refractivity contribution >= 4 is 23.9 Å². The monoisotopic (exact) mass is 391 g/mol. The maximum absolute atomic E-state index is 12.9. The molecule has 1 heterocycles. The highest BCUT2D eigenvalue weighted by Gasteiger charge is 2.41. The van der Waals surface area contributed by atoms with Gasteiger partial charge < -0.3 is 25.4 Å². The van der Waals surface area contributed by atoms with E-state index in [1.807, 2.05) is 6.07 Å². The fourth-order valence-electron chi connectivity index (χ4n) is 2.80. The Morgan fingerprint density at radius 1 is 1.21 bits per heavy atom. The highest BCUT2D eigenvalue weighted by Crippen LogP contribution is 2.17. The highest BCUT2D eigenvalue weighted by atomic mass is 16.6. The summed E-state index contributed by atoms with van der Waals surface area (Å²) in [7, 11) is 0. The molecule has 1 aromatic rings. The lowest BCUT2D eigenvalue weighted by Crippen LogP contribution is -2.65. The van der Waals surface area contributed by atoms with Gasteiger partial charge in [0.05, 0.1) is 13.0 Å². The van der Waals surface area contributed by atoms with Crippen LogP contribution in [0.1, 0.15) is 32.8 Å². The van der Waals surface area contributed by atoms with Crippen molar-refractivity contribution in [2.45, 2.75) is 51.4 Å². The van der Waals surface area contributed by atoms with Crippen LogP contribution in [0.2, 0.25) is 0 Å². The number of hydrogen-bond acceptors (Lipinski definition) is 5. The maximum Gasteiger partial charge on any atom is 0.407 e. The first-order valence-electron chi connectivity index (χ1n) is 8.90. The van der Waals surface area contributed by atoms with Crippen LogP contribution in [0.3, 0.4) is 0 Å². The minimum Gasteiger partial charge on any atom is -0.481 e. The van der Waals surface area contributed by atoms with E-state index in [-0.39, 0.29) is 13.1 Å². The molecule has 0 spiro atoms. The summed E-state index contributed by atoms with van der Waals surface area (Å²) < 4.78 is 5.12. The lowest BCUT2D eigenvalue weighted by Gasteiger charge is -2.38. The normalized spacial score (nSPS) is 19.8. The number of carbonyl (C=O) groups excluding carboxylic acids is 3. The van der Waals surface area contributed by atoms with Gasteiger partial charge in [-0.3, -0.25) is 14.4 Å². The number of nitrogens with zero attached hydrogens (tertiary/aromatic N) is 1. The van der Waals surface area contributed by atoms with E-state index < -0.39 is 48.0 Å². The zero-order valence-corrected chi connectivity index (χ0v) is 16.1. The average Bonchev–Trinajstić information content (AvgIpc) is 2.59. The molecule has 0 unspecified atom stereocenters. The molecule has 0 saturated carbocycles. The van der Waals surface area contributed by atoms with Gasteiger partial charge in [0.15, 0.2) is 0 Å². The molecule has 152 valence electrons. The van der Waals surface area contributed by atoms with E-state index in [0.717, 1.165) is 5.56 Å². The van der Waals surface area contributed by atoms with Crippen molar-refractivity contribution < 1.29 is 29.0 Å². The van der Waals surface area contributed by atoms with Crippen molar-refractivity contribution in [3.8, 4) is 0 Å². The van der Waals surface area contributed by atoms with Gasteiger partial charge in [0.2, 0.25) is 11.8 Å². The molecule has 0 radical (unpaired) electrons. The number of carbonyl (C=O) groups is 4. The lowest BCUT2D eigenvalue weighted by molar-refractivity contribution is -0.153. The van der Waals surface area contributed by atoms with Crippen LogP contribution in [0.15, 0.2) is 30.3 Å². The Morgan fingerprint density at radius 2 is 1.86 bits per heavy atom. The Labute approximate surface area is 163 Å². The number of amides is 3. The minimum atomic E-state index is -1.18. The summed E-state index contributed by atoms with van der Waals surface area (Å²) >= 11 is 0. The first-order valence-corrected chi connectivity index (χ1v) is 8.90. The number of carboxylic acids is 1. The molecule has 2 rings (SSSR count). The number of benzene rings is 1. The lowest BCUT2D eigenvalue weighted by atomic mass is 10.0. The molecule has 1 aliphatic rings. The van der Waals surface area contributed by atoms with E-state index >= 15 is 0 Å². The predicted octanol–water partition coefficient (Wildman–Crippen LogP) is 0.882. The molecule has 1 aromatic carbocycles. The highest BCUT2D eigenvalue weighted by molar-refractivity contribution is 5.98. The topological polar surface area (TPSA) is 125 Å². The molecule has 0 aromatic heterocycles. The third kappa shape index (κ3) is 5.97. The molecule has 3 amide bonds. The predicted molar refractivity (Wildman–Crippen MR) is 99.2 cm³/mol. The summed E-state index contributed by atoms with van der Waals surface area (Å²) in [4.78, 5) is 49.6. The number of nitrogens with one attached hydrogen (secondary N) is 2. The molecular formula is C19H25N3O6. The van der Waals surface area contributed by atoms with Crippen molar-refractivity contribution in [2.75, 3.05) is 6.54 Å². The van der Waals surface area contributed by atoms with Crippen LogP contribution in [0.25, 0.3) is 0 Å². The first kappa shape index (κ1) is 21.2. The molecule has 1 fully saturated rings. The second-order valence-electron chi connectivity index (χ2n) is 7.51. The Balaban J connectivity index is 2.13. The van der Waals surface area contributed by atoms with Crippen LogP contribution in [0.4, 0.5) is 4.79 Å². The fourth-order valence-corrected chi connectivity index (χ4v) is 2.80. The summed E-state index contributed by atoms with van der Waals surface area (Å²) in [6.07, 6.45) is -1.21. The third-order valence-electron chi connectivity index (χ3n) is 3.99. The molecule has 1 saturated heterocycles. The number of ether oxygens (including phenoxy) is 1. The van der Waals surface area contributed by atoms with Crippen LogP contribution in [-0.2, 0) is 25.7 Å². The number of aliphatic carboxylic acids is 1. The summed E-state index contributed by atoms with van der Waals surface area (Å²) in [5.41, 5.74) is 0.0651. The van der Waals surface area contributed by atoms with Crippen LogP contribution >= 0.6 is 0 Å². The van der Waals surface area contributed by atoms with E-state index in [1.165, 1.54) is 4.90 Å². The molecular weight excluding hydrogens is 366 g/mol. The van der Waals surface area contributed by atoms with Crippen molar-refractivity contribution in [1.82, 2.24) is 15.5 Å². The van der Waals surface area contributed by atoms with Gasteiger partial charge >= 0.3 is 12.1 Å². The SMILES string of the molecule is CC(C)(C)OC(=O)NC[C@H]1NC(=O)[C@H](CC(=O)O)N(Cc2ccccc2)C1=O. The van der Waals surface area contributed by atoms with Gasteiger partial charge in [0.1, 0.15) is 17.7 Å². The number of rotatable bonds is 6. The molecule has 9 heteroatoms. The van der Waals surface area contributed by atoms with E-state index in [1.54, 1.807) is 45.0 Å². The number of carboxylic acid groups (broad SMARTS) is 1. The Bertz CT molecular complexity index is 744. The molecule has 2 atom stereocenters. The molecule has 28 heavy (non-hydrogen) atoms. The standard InChI is InChI=1S/C19H25N3O6/c1-19(2,3)28-18(27)20-10-13-17(26)22(11-12-7-5-4-6-8-12)14(9-15(23)24)16(25)21-13/h4-8,13-14H,9-11H2,1-3H3,(H,20,27)(H,21,25)(H,23,24)/t13-,14+/m1/s1. The van der Waals surface area contributed by atoms with Crippen molar-refractivity contribution in [3.63, 3.8) is 0 Å². The van der Waals surface area contributed by atoms with Crippen molar-refractivity contribution in [2.24, 2.45) is 0 Å². The van der Waals surface area contributed by atoms with Crippen LogP contribution in [0, 0.1) is 0 Å². The molecule has 9 nitrogen and oxygen atoms in total. The minimum absolute atomic E-state index is 0.0912. The van der Waals surface area contributed by atoms with Gasteiger partial charge in [-0.15, -0.1) is 0 Å². The fraction of sp³-hybridized carbons (Fsp3) is 0.474. The quantitative estimate of drug-likeness (QED) is 0.661. The number of alkyl carbamates (subject to hydrolysis) is 1. The van der Waals surface area contributed by atoms with Gasteiger partial charge in [0.25, 0.3) is 0 Å². The smallest absolute Gasteiger partial charge is 0.407 e. The third-order valence-corrected chi connectivity index (χ3v) is 3.99. The summed E-state index contributed by atoms with van der Waals surface area (Å²) in [6, 6.07) is 6.83. The molecule has 1 aliphatic heterocycles. The largest absolute Gasteiger partial charge is 0.481 e. The van der Waals surface area contributed by atoms with Crippen LogP contribution in [0.5, 0.6) is 0 Å². The van der Waals surface area contributed by atoms with Gasteiger partial charge in [-0.05, 0) is 26.3 Å². The van der Waals surface area contributed by atoms with Gasteiger partial charge in [-0.2, -0.15) is 0 Å². The zero-order valence-electron chi connectivity index (χ0n) is 16.1. The van der Waals surface area contributed by atoms with E-state index in [9.17, 15) is 19.2 Å². The Hall–Kier alpha value is -3.10. The molecule has 3 N–H and O–H groups in total.